The summed E-state index contributed by atoms with van der Waals surface area (Å²) < 4.78 is 128. The van der Waals surface area contributed by atoms with Gasteiger partial charge in [0.05, 0.1) is 35.3 Å². The molecule has 10 aliphatic rings. The third-order valence-electron chi connectivity index (χ3n) is 26.9. The van der Waals surface area contributed by atoms with Crippen molar-refractivity contribution in [2.45, 2.75) is 293 Å². The highest BCUT2D eigenvalue weighted by atomic mass is 32.2. The number of rotatable bonds is 25. The second-order valence-corrected chi connectivity index (χ2v) is 47.7. The number of likely N-dealkylation sites (N-methyl/N-ethyl adjacent to an activating group) is 3. The second kappa shape index (κ2) is 44.2. The van der Waals surface area contributed by atoms with Gasteiger partial charge in [0.25, 0.3) is 0 Å². The maximum Gasteiger partial charge on any atom is 0.335 e. The van der Waals surface area contributed by atoms with Crippen LogP contribution in [0.15, 0.2) is 24.3 Å². The molecule has 3 unspecified atom stereocenters. The number of anilines is 1. The number of benzene rings is 1. The number of para-hydroxylation sites is 1. The van der Waals surface area contributed by atoms with Gasteiger partial charge in [-0.1, -0.05) is 32.0 Å². The quantitative estimate of drug-likeness (QED) is 0.101. The normalized spacial score (nSPS) is 23.8. The number of sulfonamides is 5. The first kappa shape index (κ1) is 104. The SMILES string of the molecule is CCS(=O)(=O)N(C)C1C(=O)N(C2CCN(C(C)C)CC2)C(=O)CC1(C)C.CCS(=O)(=O)N(C)C1CCC(=O)N(C2CCN(C(C)C)CC2)C1=O.CCS(=O)(=O)N(C)C1Cc2ccccc2N(C2CCN(C(C)C)CC2)C1=O.CCS(=O)(=O)N(C)N1CCCN(C2CCN(C(C)C)CC2)C1=O.CCS(=O)(=O)N(C)N1CCN(C2CCN(C(C)C)CC2)C1=O. The zero-order valence-corrected chi connectivity index (χ0v) is 81.5. The van der Waals surface area contributed by atoms with Crippen molar-refractivity contribution in [2.75, 3.05) is 161 Å². The molecular weight excluding hydrogens is 1670 g/mol. The molecule has 34 nitrogen and oxygen atoms in total. The van der Waals surface area contributed by atoms with E-state index < -0.39 is 73.7 Å². The predicted molar refractivity (Wildman–Crippen MR) is 477 cm³/mol. The van der Waals surface area contributed by atoms with Crippen LogP contribution in [0.4, 0.5) is 15.3 Å². The van der Waals surface area contributed by atoms with Crippen LogP contribution in [0.25, 0.3) is 0 Å². The molecule has 9 fully saturated rings. The van der Waals surface area contributed by atoms with Crippen LogP contribution in [0.2, 0.25) is 0 Å². The molecule has 122 heavy (non-hydrogen) atoms. The number of hydrogen-bond acceptors (Lipinski definition) is 22. The van der Waals surface area contributed by atoms with Crippen molar-refractivity contribution in [3.63, 3.8) is 0 Å². The van der Waals surface area contributed by atoms with Crippen molar-refractivity contribution in [3.05, 3.63) is 29.8 Å². The minimum atomic E-state index is -3.53. The van der Waals surface area contributed by atoms with Gasteiger partial charge in [-0.2, -0.15) is 12.9 Å². The van der Waals surface area contributed by atoms with E-state index in [9.17, 15) is 75.7 Å². The van der Waals surface area contributed by atoms with E-state index in [1.54, 1.807) is 48.5 Å². The van der Waals surface area contributed by atoms with E-state index >= 15 is 0 Å². The first-order chi connectivity index (χ1) is 56.9. The Hall–Kier alpha value is -5.14. The average Bonchev–Trinajstić information content (AvgIpc) is 0.955. The van der Waals surface area contributed by atoms with E-state index in [0.29, 0.717) is 56.3 Å². The summed E-state index contributed by atoms with van der Waals surface area (Å²) in [5.41, 5.74) is 1.27. The fourth-order valence-electron chi connectivity index (χ4n) is 18.6. The number of piperidine rings is 7. The van der Waals surface area contributed by atoms with Crippen LogP contribution < -0.4 is 4.90 Å². The fraction of sp³-hybridized carbons (Fsp3) is 0.843. The maximum absolute atomic E-state index is 13.4. The molecular formula is C83H151N17O17S5. The smallest absolute Gasteiger partial charge is 0.320 e. The highest BCUT2D eigenvalue weighted by molar-refractivity contribution is 7.90. The minimum absolute atomic E-state index is 0.0000565. The highest BCUT2D eigenvalue weighted by Crippen LogP contribution is 2.40. The lowest BCUT2D eigenvalue weighted by Crippen LogP contribution is -2.65. The van der Waals surface area contributed by atoms with Gasteiger partial charge in [-0.3, -0.25) is 33.8 Å². The van der Waals surface area contributed by atoms with Gasteiger partial charge in [-0.15, -0.1) is 8.83 Å². The number of carbonyl (C=O) groups excluding carboxylic acids is 7. The fourth-order valence-corrected chi connectivity index (χ4v) is 23.3. The number of likely N-dealkylation sites (tertiary alicyclic amines) is 7. The molecule has 0 bridgehead atoms. The molecule has 9 saturated heterocycles. The van der Waals surface area contributed by atoms with Crippen molar-refractivity contribution < 1.29 is 75.7 Å². The molecule has 700 valence electrons. The van der Waals surface area contributed by atoms with Gasteiger partial charge in [0.1, 0.15) is 18.1 Å². The maximum atomic E-state index is 13.4. The highest BCUT2D eigenvalue weighted by Gasteiger charge is 2.54. The van der Waals surface area contributed by atoms with Crippen LogP contribution in [-0.2, 0) is 80.5 Å². The molecule has 0 aliphatic carbocycles. The van der Waals surface area contributed by atoms with Crippen LogP contribution in [0.5, 0.6) is 0 Å². The number of hydrazine groups is 2. The third kappa shape index (κ3) is 25.0. The first-order valence-electron chi connectivity index (χ1n) is 44.7. The molecule has 1 aromatic rings. The molecule has 0 radical (unpaired) electrons. The van der Waals surface area contributed by atoms with Crippen molar-refractivity contribution >= 4 is 97.4 Å². The lowest BCUT2D eigenvalue weighted by Gasteiger charge is -2.48. The summed E-state index contributed by atoms with van der Waals surface area (Å²) in [4.78, 5) is 110. The van der Waals surface area contributed by atoms with E-state index in [4.69, 9.17) is 0 Å². The van der Waals surface area contributed by atoms with Crippen LogP contribution in [-0.4, -0.2) is 394 Å². The third-order valence-corrected chi connectivity index (χ3v) is 35.9. The van der Waals surface area contributed by atoms with Gasteiger partial charge in [-0.25, -0.2) is 61.7 Å². The van der Waals surface area contributed by atoms with Crippen LogP contribution in [0.1, 0.15) is 213 Å². The summed E-state index contributed by atoms with van der Waals surface area (Å²) in [6.45, 7) is 44.8. The van der Waals surface area contributed by atoms with E-state index in [1.807, 2.05) is 39.0 Å². The molecule has 3 atom stereocenters. The van der Waals surface area contributed by atoms with Gasteiger partial charge in [0.15, 0.2) is 0 Å². The van der Waals surface area contributed by atoms with E-state index in [0.717, 1.165) is 167 Å². The van der Waals surface area contributed by atoms with Crippen molar-refractivity contribution in [1.82, 2.24) is 75.9 Å². The molecule has 0 aromatic heterocycles. The van der Waals surface area contributed by atoms with E-state index in [1.165, 1.54) is 63.7 Å². The average molecular weight is 1820 g/mol. The van der Waals surface area contributed by atoms with Crippen molar-refractivity contribution in [3.8, 4) is 0 Å². The summed E-state index contributed by atoms with van der Waals surface area (Å²) in [6.07, 6.45) is 10.6. The molecule has 0 saturated carbocycles. The van der Waals surface area contributed by atoms with Gasteiger partial charge in [0, 0.05) is 206 Å². The Morgan fingerprint density at radius 1 is 0.361 bits per heavy atom. The Morgan fingerprint density at radius 2 is 0.680 bits per heavy atom. The molecule has 10 heterocycles. The molecule has 11 rings (SSSR count). The minimum Gasteiger partial charge on any atom is -0.320 e. The Labute approximate surface area is 732 Å². The summed E-state index contributed by atoms with van der Waals surface area (Å²) in [5.74, 6) is -1.26. The molecule has 39 heteroatoms. The lowest BCUT2D eigenvalue weighted by molar-refractivity contribution is -0.162. The number of imide groups is 2. The largest absolute Gasteiger partial charge is 0.335 e. The monoisotopic (exact) mass is 1820 g/mol. The topological polar surface area (TPSA) is 345 Å². The Kier molecular flexibility index (Phi) is 37.7. The number of urea groups is 2. The standard InChI is InChI=1S/C20H31N3O3S.C18H33N3O4S.C16H29N3O4S.C15H30N4O3S.C14H28N4O3S/c1-5-27(25,26)21(4)19-14-16-8-6-7-9-18(16)23(20(19)24)17-10-12-22(13-11-17)15(2)3;1-7-26(24,25)19(6)16-17(23)21(15(22)12-18(16,4)5)14-8-10-20(11-9-14)13(2)3;1-5-24(22,23)17(4)14-6-7-15(20)19(16(14)21)13-8-10-18(11-9-13)12(2)3;1-5-23(21,22)16(4)19-10-6-9-18(15(19)20)14-7-11-17(12-8-14)13(2)3;1-5-22(20,21)15(4)18-11-10-17(14(18)19)13-6-8-16(9-7-13)12(2)3/h6-9,15,17,19H,5,10-14H2,1-4H3;13-14,16H,7-12H2,1-6H3;12-14H,5-11H2,1-4H3;13-14H,5-12H2,1-4H3;12-13H,5-11H2,1-4H3. The lowest BCUT2D eigenvalue weighted by atomic mass is 9.76. The summed E-state index contributed by atoms with van der Waals surface area (Å²) in [7, 11) is -9.83. The number of hydrogen-bond donors (Lipinski definition) is 0. The van der Waals surface area contributed by atoms with Gasteiger partial charge in [-0.05, 0) is 198 Å². The van der Waals surface area contributed by atoms with E-state index in [-0.39, 0.29) is 120 Å². The van der Waals surface area contributed by atoms with Crippen molar-refractivity contribution in [1.29, 1.82) is 0 Å². The van der Waals surface area contributed by atoms with Crippen molar-refractivity contribution in [2.24, 2.45) is 5.41 Å². The number of amides is 9. The van der Waals surface area contributed by atoms with Gasteiger partial charge >= 0.3 is 12.1 Å². The first-order valence-corrected chi connectivity index (χ1v) is 52.8. The van der Waals surface area contributed by atoms with Gasteiger partial charge in [0.2, 0.25) is 79.7 Å². The molecule has 0 spiro atoms. The molecule has 9 amide bonds. The van der Waals surface area contributed by atoms with Crippen LogP contribution in [0, 0.1) is 5.41 Å². The zero-order chi connectivity index (χ0) is 91.4. The number of nitrogens with zero attached hydrogens (tertiary/aromatic N) is 17. The molecule has 10 aliphatic heterocycles. The number of carbonyl (C=O) groups is 7. The number of fused-ring (bicyclic) bond motifs is 1. The second-order valence-electron chi connectivity index (χ2n) is 36.2. The van der Waals surface area contributed by atoms with Gasteiger partial charge < -0.3 is 39.2 Å². The Morgan fingerprint density at radius 3 is 1.06 bits per heavy atom. The molecule has 1 aromatic carbocycles. The summed E-state index contributed by atoms with van der Waals surface area (Å²) >= 11 is 0. The summed E-state index contributed by atoms with van der Waals surface area (Å²) in [5, 5.41) is 2.74. The van der Waals surface area contributed by atoms with Crippen LogP contribution >= 0.6 is 0 Å². The Bertz CT molecular complexity index is 4280. The predicted octanol–water partition coefficient (Wildman–Crippen LogP) is 6.03. The Balaban J connectivity index is 0.000000210. The zero-order valence-electron chi connectivity index (χ0n) is 77.4. The molecule has 0 N–H and O–H groups in total. The summed E-state index contributed by atoms with van der Waals surface area (Å²) in [6, 6.07) is 8.10. The van der Waals surface area contributed by atoms with Crippen LogP contribution in [0.3, 0.4) is 0 Å². The van der Waals surface area contributed by atoms with E-state index in [2.05, 4.69) is 93.7 Å².